The molecule has 1 aromatic carbocycles. The van der Waals surface area contributed by atoms with E-state index in [-0.39, 0.29) is 13.0 Å². The van der Waals surface area contributed by atoms with E-state index < -0.39 is 17.7 Å². The molecule has 1 aromatic rings. The summed E-state index contributed by atoms with van der Waals surface area (Å²) in [5.74, 6) is -0.483. The molecule has 0 aliphatic carbocycles. The Kier molecular flexibility index (Phi) is 6.05. The topological polar surface area (TPSA) is 40.5 Å². The minimum absolute atomic E-state index is 0.0425. The van der Waals surface area contributed by atoms with E-state index in [2.05, 4.69) is 0 Å². The van der Waals surface area contributed by atoms with Gasteiger partial charge in [-0.15, -0.1) is 0 Å². The van der Waals surface area contributed by atoms with Crippen LogP contribution < -0.4 is 4.90 Å². The molecule has 118 valence electrons. The Morgan fingerprint density at radius 1 is 1.19 bits per heavy atom. The van der Waals surface area contributed by atoms with E-state index in [0.717, 1.165) is 18.6 Å². The summed E-state index contributed by atoms with van der Waals surface area (Å²) < 4.78 is 37.6. The van der Waals surface area contributed by atoms with Crippen molar-refractivity contribution in [3.8, 4) is 0 Å². The summed E-state index contributed by atoms with van der Waals surface area (Å²) in [5, 5.41) is 8.76. The molecule has 0 fully saturated rings. The number of benzene rings is 1. The van der Waals surface area contributed by atoms with Crippen LogP contribution in [0.4, 0.5) is 18.9 Å². The van der Waals surface area contributed by atoms with Crippen molar-refractivity contribution in [1.29, 1.82) is 0 Å². The highest BCUT2D eigenvalue weighted by Crippen LogP contribution is 2.30. The first kappa shape index (κ1) is 17.3. The van der Waals surface area contributed by atoms with E-state index in [9.17, 15) is 18.0 Å². The number of hydrogen-bond acceptors (Lipinski definition) is 2. The molecule has 0 saturated heterocycles. The summed E-state index contributed by atoms with van der Waals surface area (Å²) in [6, 6.07) is 4.84. The summed E-state index contributed by atoms with van der Waals surface area (Å²) in [6.45, 7) is 4.99. The molecule has 0 heterocycles. The van der Waals surface area contributed by atoms with Crippen LogP contribution in [0.1, 0.15) is 32.3 Å². The SMILES string of the molecule is CC(C)CCN(CCC(=O)O)c1ccc(C(F)(F)F)cc1. The third-order valence-electron chi connectivity index (χ3n) is 3.13. The summed E-state index contributed by atoms with van der Waals surface area (Å²) in [4.78, 5) is 12.5. The summed E-state index contributed by atoms with van der Waals surface area (Å²) in [5.41, 5.74) is -0.0850. The van der Waals surface area contributed by atoms with Crippen molar-refractivity contribution >= 4 is 11.7 Å². The highest BCUT2D eigenvalue weighted by Gasteiger charge is 2.30. The van der Waals surface area contributed by atoms with E-state index in [1.165, 1.54) is 12.1 Å². The predicted octanol–water partition coefficient (Wildman–Crippen LogP) is 4.03. The molecule has 3 nitrogen and oxygen atoms in total. The number of nitrogens with zero attached hydrogens (tertiary/aromatic N) is 1. The molecule has 0 aliphatic rings. The number of rotatable bonds is 7. The number of anilines is 1. The van der Waals surface area contributed by atoms with Gasteiger partial charge in [0.15, 0.2) is 0 Å². The largest absolute Gasteiger partial charge is 0.481 e. The molecule has 0 aromatic heterocycles. The average Bonchev–Trinajstić information content (AvgIpc) is 2.37. The molecule has 1 rings (SSSR count). The molecular weight excluding hydrogens is 283 g/mol. The van der Waals surface area contributed by atoms with Crippen LogP contribution in [0.25, 0.3) is 0 Å². The minimum Gasteiger partial charge on any atom is -0.481 e. The minimum atomic E-state index is -4.36. The zero-order chi connectivity index (χ0) is 16.0. The van der Waals surface area contributed by atoms with Crippen molar-refractivity contribution in [1.82, 2.24) is 0 Å². The highest BCUT2D eigenvalue weighted by molar-refractivity contribution is 5.67. The van der Waals surface area contributed by atoms with Gasteiger partial charge in [-0.2, -0.15) is 13.2 Å². The molecule has 21 heavy (non-hydrogen) atoms. The molecule has 6 heteroatoms. The van der Waals surface area contributed by atoms with E-state index in [4.69, 9.17) is 5.11 Å². The first-order valence-electron chi connectivity index (χ1n) is 6.84. The molecule has 1 N–H and O–H groups in total. The van der Waals surface area contributed by atoms with Gasteiger partial charge in [0.05, 0.1) is 12.0 Å². The number of hydrogen-bond donors (Lipinski definition) is 1. The van der Waals surface area contributed by atoms with E-state index in [1.807, 2.05) is 18.7 Å². The van der Waals surface area contributed by atoms with Crippen molar-refractivity contribution in [3.63, 3.8) is 0 Å². The molecule has 0 radical (unpaired) electrons. The maximum atomic E-state index is 12.5. The van der Waals surface area contributed by atoms with Crippen LogP contribution in [-0.2, 0) is 11.0 Å². The highest BCUT2D eigenvalue weighted by atomic mass is 19.4. The predicted molar refractivity (Wildman–Crippen MR) is 75.4 cm³/mol. The zero-order valence-electron chi connectivity index (χ0n) is 12.2. The lowest BCUT2D eigenvalue weighted by molar-refractivity contribution is -0.138. The van der Waals surface area contributed by atoms with Gasteiger partial charge in [-0.05, 0) is 36.6 Å². The van der Waals surface area contributed by atoms with Crippen LogP contribution >= 0.6 is 0 Å². The lowest BCUT2D eigenvalue weighted by Gasteiger charge is -2.25. The van der Waals surface area contributed by atoms with E-state index in [0.29, 0.717) is 18.2 Å². The average molecular weight is 303 g/mol. The Morgan fingerprint density at radius 2 is 1.76 bits per heavy atom. The van der Waals surface area contributed by atoms with Gasteiger partial charge in [-0.25, -0.2) is 0 Å². The van der Waals surface area contributed by atoms with Gasteiger partial charge in [0.1, 0.15) is 0 Å². The van der Waals surface area contributed by atoms with Crippen molar-refractivity contribution in [2.45, 2.75) is 32.9 Å². The van der Waals surface area contributed by atoms with E-state index >= 15 is 0 Å². The third kappa shape index (κ3) is 6.06. The van der Waals surface area contributed by atoms with Gasteiger partial charge < -0.3 is 10.0 Å². The zero-order valence-corrected chi connectivity index (χ0v) is 12.2. The van der Waals surface area contributed by atoms with Crippen LogP contribution in [0.5, 0.6) is 0 Å². The summed E-state index contributed by atoms with van der Waals surface area (Å²) in [6.07, 6.45) is -3.55. The van der Waals surface area contributed by atoms with Crippen molar-refractivity contribution in [2.75, 3.05) is 18.0 Å². The van der Waals surface area contributed by atoms with Crippen molar-refractivity contribution in [3.05, 3.63) is 29.8 Å². The van der Waals surface area contributed by atoms with Crippen LogP contribution in [0.2, 0.25) is 0 Å². The van der Waals surface area contributed by atoms with Gasteiger partial charge >= 0.3 is 12.1 Å². The maximum absolute atomic E-state index is 12.5. The van der Waals surface area contributed by atoms with Crippen molar-refractivity contribution in [2.24, 2.45) is 5.92 Å². The number of carboxylic acid groups (broad SMARTS) is 1. The van der Waals surface area contributed by atoms with Gasteiger partial charge in [0, 0.05) is 18.8 Å². The van der Waals surface area contributed by atoms with Gasteiger partial charge in [0.25, 0.3) is 0 Å². The second kappa shape index (κ2) is 7.33. The lowest BCUT2D eigenvalue weighted by atomic mass is 10.1. The Bertz CT molecular complexity index is 455. The fraction of sp³-hybridized carbons (Fsp3) is 0.533. The molecule has 0 spiro atoms. The summed E-state index contributed by atoms with van der Waals surface area (Å²) >= 11 is 0. The Balaban J connectivity index is 2.83. The Labute approximate surface area is 122 Å². The fourth-order valence-corrected chi connectivity index (χ4v) is 1.88. The van der Waals surface area contributed by atoms with E-state index in [1.54, 1.807) is 0 Å². The van der Waals surface area contributed by atoms with Crippen LogP contribution in [0, 0.1) is 5.92 Å². The molecule has 0 amide bonds. The standard InChI is InChI=1S/C15H20F3NO2/c1-11(2)7-9-19(10-8-14(20)21)13-5-3-12(4-6-13)15(16,17)18/h3-6,11H,7-10H2,1-2H3,(H,20,21). The van der Waals surface area contributed by atoms with Gasteiger partial charge in [-0.1, -0.05) is 13.8 Å². The smallest absolute Gasteiger partial charge is 0.416 e. The maximum Gasteiger partial charge on any atom is 0.416 e. The second-order valence-electron chi connectivity index (χ2n) is 5.36. The monoisotopic (exact) mass is 303 g/mol. The third-order valence-corrected chi connectivity index (χ3v) is 3.13. The lowest BCUT2D eigenvalue weighted by Crippen LogP contribution is -2.28. The molecule has 0 saturated carbocycles. The number of aliphatic carboxylic acids is 1. The fourth-order valence-electron chi connectivity index (χ4n) is 1.88. The molecule has 0 unspecified atom stereocenters. The second-order valence-corrected chi connectivity index (χ2v) is 5.36. The van der Waals surface area contributed by atoms with Crippen LogP contribution in [0.15, 0.2) is 24.3 Å². The normalized spacial score (nSPS) is 11.7. The quantitative estimate of drug-likeness (QED) is 0.826. The van der Waals surface area contributed by atoms with Gasteiger partial charge in [0.2, 0.25) is 0 Å². The number of carboxylic acids is 1. The van der Waals surface area contributed by atoms with Gasteiger partial charge in [-0.3, -0.25) is 4.79 Å². The number of alkyl halides is 3. The first-order chi connectivity index (χ1) is 9.70. The molecule has 0 bridgehead atoms. The number of carbonyl (C=O) groups is 1. The van der Waals surface area contributed by atoms with Crippen molar-refractivity contribution < 1.29 is 23.1 Å². The Morgan fingerprint density at radius 3 is 2.19 bits per heavy atom. The van der Waals surface area contributed by atoms with Crippen LogP contribution in [-0.4, -0.2) is 24.2 Å². The summed E-state index contributed by atoms with van der Waals surface area (Å²) in [7, 11) is 0. The molecule has 0 atom stereocenters. The number of halogens is 3. The molecule has 0 aliphatic heterocycles. The Hall–Kier alpha value is -1.72. The first-order valence-corrected chi connectivity index (χ1v) is 6.84. The molecular formula is C15H20F3NO2. The van der Waals surface area contributed by atoms with Crippen LogP contribution in [0.3, 0.4) is 0 Å².